The van der Waals surface area contributed by atoms with Crippen LogP contribution in [0.15, 0.2) is 51.7 Å². The molecular weight excluding hydrogens is 260 g/mol. The molecule has 1 heterocycles. The molecule has 2 aromatic carbocycles. The fraction of sp³-hybridized carbons (Fsp3) is 0. The van der Waals surface area contributed by atoms with E-state index in [0.29, 0.717) is 5.56 Å². The van der Waals surface area contributed by atoms with Crippen LogP contribution in [0.3, 0.4) is 0 Å². The molecule has 0 amide bonds. The van der Waals surface area contributed by atoms with Crippen molar-refractivity contribution in [3.05, 3.63) is 52.9 Å². The third-order valence-electron chi connectivity index (χ3n) is 3.04. The van der Waals surface area contributed by atoms with Crippen molar-refractivity contribution in [3.8, 4) is 28.4 Å². The van der Waals surface area contributed by atoms with E-state index in [1.54, 1.807) is 0 Å². The predicted molar refractivity (Wildman–Crippen MR) is 72.9 cm³/mol. The number of hydrogen-bond donors (Lipinski definition) is 3. The summed E-state index contributed by atoms with van der Waals surface area (Å²) in [6.07, 6.45) is 0. The van der Waals surface area contributed by atoms with Gasteiger partial charge in [-0.15, -0.1) is 0 Å². The summed E-state index contributed by atoms with van der Waals surface area (Å²) < 4.78 is 5.10. The van der Waals surface area contributed by atoms with Gasteiger partial charge in [-0.2, -0.15) is 0 Å². The molecule has 1 aromatic heterocycles. The Morgan fingerprint density at radius 2 is 1.60 bits per heavy atom. The van der Waals surface area contributed by atoms with Gasteiger partial charge in [-0.3, -0.25) is 0 Å². The van der Waals surface area contributed by atoms with Crippen LogP contribution in [0.5, 0.6) is 17.2 Å². The Kier molecular flexibility index (Phi) is 2.61. The van der Waals surface area contributed by atoms with Gasteiger partial charge >= 0.3 is 5.63 Å². The molecule has 3 aromatic rings. The molecule has 5 nitrogen and oxygen atoms in total. The molecule has 0 aliphatic rings. The fourth-order valence-corrected chi connectivity index (χ4v) is 2.10. The second-order valence-electron chi connectivity index (χ2n) is 4.31. The normalized spacial score (nSPS) is 10.8. The van der Waals surface area contributed by atoms with Crippen molar-refractivity contribution in [2.45, 2.75) is 0 Å². The lowest BCUT2D eigenvalue weighted by atomic mass is 10.0. The Labute approximate surface area is 113 Å². The first-order chi connectivity index (χ1) is 9.58. The monoisotopic (exact) mass is 270 g/mol. The van der Waals surface area contributed by atoms with Crippen LogP contribution >= 0.6 is 0 Å². The van der Waals surface area contributed by atoms with Gasteiger partial charge in [0.15, 0.2) is 0 Å². The Morgan fingerprint density at radius 1 is 0.900 bits per heavy atom. The molecule has 100 valence electrons. The molecule has 0 spiro atoms. The Morgan fingerprint density at radius 3 is 2.30 bits per heavy atom. The minimum Gasteiger partial charge on any atom is -0.508 e. The summed E-state index contributed by atoms with van der Waals surface area (Å²) in [6, 6.07) is 10.1. The van der Waals surface area contributed by atoms with Crippen molar-refractivity contribution in [1.29, 1.82) is 0 Å². The van der Waals surface area contributed by atoms with Crippen LogP contribution in [0.2, 0.25) is 0 Å². The van der Waals surface area contributed by atoms with Gasteiger partial charge in [0.2, 0.25) is 0 Å². The lowest BCUT2D eigenvalue weighted by molar-refractivity contribution is 0.454. The molecule has 3 rings (SSSR count). The van der Waals surface area contributed by atoms with Gasteiger partial charge in [0.05, 0.1) is 0 Å². The SMILES string of the molecule is O=c1oc2cccc(O)c2c(O)c1-c1ccc(O)cc1. The highest BCUT2D eigenvalue weighted by atomic mass is 16.4. The Bertz CT molecular complexity index is 847. The van der Waals surface area contributed by atoms with Crippen molar-refractivity contribution in [3.63, 3.8) is 0 Å². The second kappa shape index (κ2) is 4.31. The first-order valence-corrected chi connectivity index (χ1v) is 5.85. The standard InChI is InChI=1S/C15H10O5/c16-9-6-4-8(5-7-9)12-14(18)13-10(17)2-1-3-11(13)20-15(12)19/h1-7,16-18H. The van der Waals surface area contributed by atoms with Crippen molar-refractivity contribution in [2.75, 3.05) is 0 Å². The van der Waals surface area contributed by atoms with E-state index in [0.717, 1.165) is 0 Å². The van der Waals surface area contributed by atoms with Crippen LogP contribution in [0.4, 0.5) is 0 Å². The van der Waals surface area contributed by atoms with Crippen molar-refractivity contribution < 1.29 is 19.7 Å². The lowest BCUT2D eigenvalue weighted by Gasteiger charge is -2.07. The molecule has 0 bridgehead atoms. The maximum absolute atomic E-state index is 12.0. The third kappa shape index (κ3) is 1.76. The van der Waals surface area contributed by atoms with E-state index in [2.05, 4.69) is 0 Å². The van der Waals surface area contributed by atoms with Gasteiger partial charge in [-0.05, 0) is 29.8 Å². The van der Waals surface area contributed by atoms with E-state index in [1.165, 1.54) is 42.5 Å². The largest absolute Gasteiger partial charge is 0.508 e. The molecule has 0 atom stereocenters. The number of hydrogen-bond acceptors (Lipinski definition) is 5. The van der Waals surface area contributed by atoms with Gasteiger partial charge < -0.3 is 19.7 Å². The summed E-state index contributed by atoms with van der Waals surface area (Å²) in [7, 11) is 0. The molecule has 0 fully saturated rings. The van der Waals surface area contributed by atoms with Gasteiger partial charge in [0.25, 0.3) is 0 Å². The van der Waals surface area contributed by atoms with Crippen molar-refractivity contribution in [1.82, 2.24) is 0 Å². The molecule has 0 saturated heterocycles. The summed E-state index contributed by atoms with van der Waals surface area (Å²) in [6.45, 7) is 0. The second-order valence-corrected chi connectivity index (χ2v) is 4.31. The zero-order valence-corrected chi connectivity index (χ0v) is 10.2. The van der Waals surface area contributed by atoms with Gasteiger partial charge in [0.1, 0.15) is 33.8 Å². The highest BCUT2D eigenvalue weighted by Crippen LogP contribution is 2.37. The third-order valence-corrected chi connectivity index (χ3v) is 3.04. The minimum atomic E-state index is -0.716. The Balaban J connectivity index is 2.39. The molecule has 5 heteroatoms. The summed E-state index contributed by atoms with van der Waals surface area (Å²) >= 11 is 0. The van der Waals surface area contributed by atoms with E-state index < -0.39 is 5.63 Å². The van der Waals surface area contributed by atoms with Crippen molar-refractivity contribution in [2.24, 2.45) is 0 Å². The molecule has 0 aliphatic heterocycles. The molecule has 0 saturated carbocycles. The summed E-state index contributed by atoms with van der Waals surface area (Å²) in [5.41, 5.74) is -0.278. The number of rotatable bonds is 1. The van der Waals surface area contributed by atoms with E-state index in [4.69, 9.17) is 4.42 Å². The summed E-state index contributed by atoms with van der Waals surface area (Å²) in [5.74, 6) is -0.481. The number of phenolic OH excluding ortho intramolecular Hbond substituents is 2. The highest BCUT2D eigenvalue weighted by Gasteiger charge is 2.17. The minimum absolute atomic E-state index is 0.0428. The van der Waals surface area contributed by atoms with E-state index in [9.17, 15) is 20.1 Å². The predicted octanol–water partition coefficient (Wildman–Crippen LogP) is 2.58. The lowest BCUT2D eigenvalue weighted by Crippen LogP contribution is -2.03. The number of fused-ring (bicyclic) bond motifs is 1. The average Bonchev–Trinajstić information content (AvgIpc) is 2.40. The van der Waals surface area contributed by atoms with E-state index in [1.807, 2.05) is 0 Å². The molecular formula is C15H10O5. The van der Waals surface area contributed by atoms with E-state index >= 15 is 0 Å². The number of benzene rings is 2. The average molecular weight is 270 g/mol. The molecule has 0 unspecified atom stereocenters. The smallest absolute Gasteiger partial charge is 0.347 e. The maximum atomic E-state index is 12.0. The van der Waals surface area contributed by atoms with Crippen LogP contribution in [-0.4, -0.2) is 15.3 Å². The highest BCUT2D eigenvalue weighted by molar-refractivity contribution is 5.94. The quantitative estimate of drug-likeness (QED) is 0.591. The zero-order valence-electron chi connectivity index (χ0n) is 10.2. The first-order valence-electron chi connectivity index (χ1n) is 5.85. The number of aromatic hydroxyl groups is 3. The summed E-state index contributed by atoms with van der Waals surface area (Å²) in [5, 5.41) is 29.4. The zero-order chi connectivity index (χ0) is 14.3. The topological polar surface area (TPSA) is 90.9 Å². The van der Waals surface area contributed by atoms with Crippen molar-refractivity contribution >= 4 is 11.0 Å². The van der Waals surface area contributed by atoms with Gasteiger partial charge in [-0.25, -0.2) is 4.79 Å². The van der Waals surface area contributed by atoms with Crippen LogP contribution in [0, 0.1) is 0 Å². The van der Waals surface area contributed by atoms with Crippen LogP contribution in [-0.2, 0) is 0 Å². The van der Waals surface area contributed by atoms with Gasteiger partial charge in [-0.1, -0.05) is 18.2 Å². The molecule has 20 heavy (non-hydrogen) atoms. The van der Waals surface area contributed by atoms with Gasteiger partial charge in [0, 0.05) is 0 Å². The first kappa shape index (κ1) is 12.1. The fourth-order valence-electron chi connectivity index (χ4n) is 2.10. The van der Waals surface area contributed by atoms with Crippen LogP contribution in [0.1, 0.15) is 0 Å². The maximum Gasteiger partial charge on any atom is 0.347 e. The molecule has 0 radical (unpaired) electrons. The summed E-state index contributed by atoms with van der Waals surface area (Å²) in [4.78, 5) is 12.0. The Hall–Kier alpha value is -2.95. The van der Waals surface area contributed by atoms with Crippen LogP contribution < -0.4 is 5.63 Å². The van der Waals surface area contributed by atoms with E-state index in [-0.39, 0.29) is 33.8 Å². The molecule has 3 N–H and O–H groups in total. The van der Waals surface area contributed by atoms with Crippen LogP contribution in [0.25, 0.3) is 22.1 Å². The molecule has 0 aliphatic carbocycles. The number of phenols is 2.